The molecule has 0 unspecified atom stereocenters. The molecule has 0 radical (unpaired) electrons. The van der Waals surface area contributed by atoms with Gasteiger partial charge in [0.05, 0.1) is 19.3 Å². The number of para-hydroxylation sites is 1. The van der Waals surface area contributed by atoms with Crippen LogP contribution in [0.1, 0.15) is 29.5 Å². The van der Waals surface area contributed by atoms with Crippen LogP contribution >= 0.6 is 11.6 Å². The highest BCUT2D eigenvalue weighted by Crippen LogP contribution is 2.34. The molecule has 1 aliphatic heterocycles. The van der Waals surface area contributed by atoms with Crippen molar-refractivity contribution >= 4 is 35.1 Å². The molecule has 0 bridgehead atoms. The van der Waals surface area contributed by atoms with Crippen LogP contribution < -0.4 is 9.80 Å². The van der Waals surface area contributed by atoms with Gasteiger partial charge in [-0.15, -0.1) is 0 Å². The molecule has 1 aliphatic rings. The van der Waals surface area contributed by atoms with Gasteiger partial charge >= 0.3 is 12.0 Å². The van der Waals surface area contributed by atoms with E-state index in [1.165, 1.54) is 7.11 Å². The second-order valence-corrected chi connectivity index (χ2v) is 6.77. The number of aryl methyl sites for hydroxylation is 2. The summed E-state index contributed by atoms with van der Waals surface area (Å²) in [5.41, 5.74) is 3.70. The molecule has 142 valence electrons. The van der Waals surface area contributed by atoms with Gasteiger partial charge in [0.15, 0.2) is 0 Å². The van der Waals surface area contributed by atoms with Crippen molar-refractivity contribution in [3.63, 3.8) is 0 Å². The molecule has 0 fully saturated rings. The molecule has 2 aromatic rings. The molecule has 8 heteroatoms. The Bertz CT molecular complexity index is 867. The minimum Gasteiger partial charge on any atom is -0.469 e. The molecule has 0 N–H and O–H groups in total. The number of fused-ring (bicyclic) bond motifs is 1. The number of aromatic nitrogens is 2. The number of hydrogen-bond acceptors (Lipinski definition) is 5. The summed E-state index contributed by atoms with van der Waals surface area (Å²) >= 11 is 5.95. The van der Waals surface area contributed by atoms with Crippen molar-refractivity contribution in [3.05, 3.63) is 46.4 Å². The van der Waals surface area contributed by atoms with Crippen molar-refractivity contribution in [2.75, 3.05) is 23.5 Å². The first-order valence-electron chi connectivity index (χ1n) is 8.66. The van der Waals surface area contributed by atoms with Crippen LogP contribution in [0.4, 0.5) is 16.3 Å². The van der Waals surface area contributed by atoms with Gasteiger partial charge in [0.2, 0.25) is 5.28 Å². The van der Waals surface area contributed by atoms with Crippen molar-refractivity contribution in [2.24, 2.45) is 0 Å². The molecule has 0 atom stereocenters. The number of urea groups is 1. The van der Waals surface area contributed by atoms with E-state index >= 15 is 0 Å². The Labute approximate surface area is 162 Å². The Morgan fingerprint density at radius 3 is 2.67 bits per heavy atom. The first kappa shape index (κ1) is 19.1. The van der Waals surface area contributed by atoms with Crippen LogP contribution in [0.5, 0.6) is 0 Å². The lowest BCUT2D eigenvalue weighted by Gasteiger charge is -2.37. The van der Waals surface area contributed by atoms with E-state index in [-0.39, 0.29) is 23.7 Å². The van der Waals surface area contributed by atoms with Crippen molar-refractivity contribution in [1.82, 2.24) is 9.97 Å². The molecule has 2 amide bonds. The number of carbonyl (C=O) groups is 2. The third-order valence-electron chi connectivity index (χ3n) is 4.56. The number of anilines is 2. The van der Waals surface area contributed by atoms with E-state index in [1.54, 1.807) is 16.0 Å². The maximum atomic E-state index is 13.3. The highest BCUT2D eigenvalue weighted by atomic mass is 35.5. The van der Waals surface area contributed by atoms with Crippen LogP contribution in [0.25, 0.3) is 0 Å². The normalized spacial score (nSPS) is 13.6. The summed E-state index contributed by atoms with van der Waals surface area (Å²) in [7, 11) is 1.35. The van der Waals surface area contributed by atoms with E-state index in [0.29, 0.717) is 25.3 Å². The number of ether oxygens (including phenoxy) is 1. The largest absolute Gasteiger partial charge is 0.469 e. The van der Waals surface area contributed by atoms with Crippen LogP contribution in [0.15, 0.2) is 24.4 Å². The predicted molar refractivity (Wildman–Crippen MR) is 103 cm³/mol. The highest BCUT2D eigenvalue weighted by Gasteiger charge is 2.34. The fraction of sp³-hybridized carbons (Fsp3) is 0.368. The minimum atomic E-state index is -0.313. The van der Waals surface area contributed by atoms with Gasteiger partial charge < -0.3 is 4.74 Å². The van der Waals surface area contributed by atoms with E-state index in [2.05, 4.69) is 14.7 Å². The first-order chi connectivity index (χ1) is 12.9. The SMILES string of the molecule is COC(=O)CCCN1C(=O)N(c2c(C)cccc2C)Cc2cnc(Cl)nc21. The van der Waals surface area contributed by atoms with Crippen LogP contribution in [0.2, 0.25) is 5.28 Å². The van der Waals surface area contributed by atoms with Crippen molar-refractivity contribution < 1.29 is 14.3 Å². The Kier molecular flexibility index (Phi) is 5.60. The molecular formula is C19H21ClN4O3. The number of rotatable bonds is 5. The number of methoxy groups -OCH3 is 1. The highest BCUT2D eigenvalue weighted by molar-refractivity contribution is 6.28. The summed E-state index contributed by atoms with van der Waals surface area (Å²) in [5.74, 6) is 0.180. The van der Waals surface area contributed by atoms with Gasteiger partial charge in [-0.05, 0) is 43.0 Å². The Morgan fingerprint density at radius 2 is 2.00 bits per heavy atom. The Balaban J connectivity index is 1.97. The van der Waals surface area contributed by atoms with E-state index < -0.39 is 0 Å². The van der Waals surface area contributed by atoms with Gasteiger partial charge in [0.25, 0.3) is 0 Å². The summed E-state index contributed by atoms with van der Waals surface area (Å²) < 4.78 is 4.68. The fourth-order valence-corrected chi connectivity index (χ4v) is 3.42. The third kappa shape index (κ3) is 3.88. The van der Waals surface area contributed by atoms with Crippen molar-refractivity contribution in [3.8, 4) is 0 Å². The fourth-order valence-electron chi connectivity index (χ4n) is 3.29. The van der Waals surface area contributed by atoms with Gasteiger partial charge in [-0.2, -0.15) is 4.98 Å². The average molecular weight is 389 g/mol. The molecule has 0 saturated heterocycles. The summed E-state index contributed by atoms with van der Waals surface area (Å²) in [6, 6.07) is 5.73. The van der Waals surface area contributed by atoms with Crippen LogP contribution in [0.3, 0.4) is 0 Å². The van der Waals surface area contributed by atoms with Gasteiger partial charge in [0, 0.05) is 24.7 Å². The number of carbonyl (C=O) groups excluding carboxylic acids is 2. The van der Waals surface area contributed by atoms with Crippen molar-refractivity contribution in [1.29, 1.82) is 0 Å². The summed E-state index contributed by atoms with van der Waals surface area (Å²) in [4.78, 5) is 36.3. The van der Waals surface area contributed by atoms with Gasteiger partial charge in [-0.25, -0.2) is 9.78 Å². The molecular weight excluding hydrogens is 368 g/mol. The predicted octanol–water partition coefficient (Wildman–Crippen LogP) is 3.65. The monoisotopic (exact) mass is 388 g/mol. The topological polar surface area (TPSA) is 75.6 Å². The maximum Gasteiger partial charge on any atom is 0.330 e. The zero-order valence-corrected chi connectivity index (χ0v) is 16.3. The Hall–Kier alpha value is -2.67. The lowest BCUT2D eigenvalue weighted by atomic mass is 10.1. The number of halogens is 1. The summed E-state index contributed by atoms with van der Waals surface area (Å²) in [6.07, 6.45) is 2.32. The number of amides is 2. The van der Waals surface area contributed by atoms with Gasteiger partial charge in [0.1, 0.15) is 5.82 Å². The zero-order chi connectivity index (χ0) is 19.6. The summed E-state index contributed by atoms with van der Waals surface area (Å²) in [5, 5.41) is 0.0834. The molecule has 0 aliphatic carbocycles. The molecule has 3 rings (SSSR count). The van der Waals surface area contributed by atoms with Crippen molar-refractivity contribution in [2.45, 2.75) is 33.2 Å². The zero-order valence-electron chi connectivity index (χ0n) is 15.5. The quantitative estimate of drug-likeness (QED) is 0.577. The minimum absolute atomic E-state index is 0.0834. The molecule has 0 spiro atoms. The second kappa shape index (κ2) is 7.92. The van der Waals surface area contributed by atoms with E-state index in [4.69, 9.17) is 11.6 Å². The standard InChI is InChI=1S/C19H21ClN4O3/c1-12-6-4-7-13(2)16(12)24-11-14-10-21-18(20)22-17(14)23(19(24)26)9-5-8-15(25)27-3/h4,6-7,10H,5,8-9,11H2,1-3H3. The molecule has 27 heavy (non-hydrogen) atoms. The van der Waals surface area contributed by atoms with Crippen LogP contribution in [-0.4, -0.2) is 35.6 Å². The maximum absolute atomic E-state index is 13.3. The lowest BCUT2D eigenvalue weighted by Crippen LogP contribution is -2.49. The third-order valence-corrected chi connectivity index (χ3v) is 4.74. The molecule has 1 aromatic heterocycles. The van der Waals surface area contributed by atoms with Gasteiger partial charge in [-0.1, -0.05) is 18.2 Å². The first-order valence-corrected chi connectivity index (χ1v) is 9.03. The molecule has 7 nitrogen and oxygen atoms in total. The molecule has 1 aromatic carbocycles. The molecule has 0 saturated carbocycles. The number of nitrogens with zero attached hydrogens (tertiary/aromatic N) is 4. The average Bonchev–Trinajstić information content (AvgIpc) is 2.64. The second-order valence-electron chi connectivity index (χ2n) is 6.43. The lowest BCUT2D eigenvalue weighted by molar-refractivity contribution is -0.140. The van der Waals surface area contributed by atoms with E-state index in [9.17, 15) is 9.59 Å². The Morgan fingerprint density at radius 1 is 1.30 bits per heavy atom. The van der Waals surface area contributed by atoms with Crippen LogP contribution in [-0.2, 0) is 16.1 Å². The number of benzene rings is 1. The number of hydrogen-bond donors (Lipinski definition) is 0. The smallest absolute Gasteiger partial charge is 0.330 e. The van der Waals surface area contributed by atoms with E-state index in [0.717, 1.165) is 22.4 Å². The van der Waals surface area contributed by atoms with Crippen LogP contribution in [0, 0.1) is 13.8 Å². The number of esters is 1. The molecule has 2 heterocycles. The summed E-state index contributed by atoms with van der Waals surface area (Å²) in [6.45, 7) is 4.65. The van der Waals surface area contributed by atoms with Gasteiger partial charge in [-0.3, -0.25) is 14.6 Å². The van der Waals surface area contributed by atoms with E-state index in [1.807, 2.05) is 32.0 Å².